The monoisotopic (exact) mass is 439 g/mol. The molecule has 32 heavy (non-hydrogen) atoms. The lowest BCUT2D eigenvalue weighted by molar-refractivity contribution is -0.135. The van der Waals surface area contributed by atoms with Crippen LogP contribution in [0.25, 0.3) is 17.4 Å². The van der Waals surface area contributed by atoms with Gasteiger partial charge in [0.15, 0.2) is 5.76 Å². The molecular formula is C21H29N9O2. The molecule has 170 valence electrons. The summed E-state index contributed by atoms with van der Waals surface area (Å²) in [5.41, 5.74) is 6.14. The molecule has 0 saturated carbocycles. The highest BCUT2D eigenvalue weighted by Gasteiger charge is 2.39. The summed E-state index contributed by atoms with van der Waals surface area (Å²) in [5.74, 6) is 2.77. The topological polar surface area (TPSA) is 122 Å². The minimum Gasteiger partial charge on any atom is -0.458 e. The van der Waals surface area contributed by atoms with Gasteiger partial charge in [-0.15, -0.1) is 5.10 Å². The van der Waals surface area contributed by atoms with E-state index in [0.717, 1.165) is 44.9 Å². The second-order valence-electron chi connectivity index (χ2n) is 8.46. The summed E-state index contributed by atoms with van der Waals surface area (Å²) in [5, 5.41) is 4.36. The van der Waals surface area contributed by atoms with Crippen LogP contribution in [0.2, 0.25) is 0 Å². The van der Waals surface area contributed by atoms with Crippen molar-refractivity contribution in [2.75, 3.05) is 49.9 Å². The third kappa shape index (κ3) is 3.77. The molecule has 2 saturated heterocycles. The van der Waals surface area contributed by atoms with Crippen molar-refractivity contribution in [3.8, 4) is 11.6 Å². The average molecular weight is 440 g/mol. The number of nitrogen functional groups attached to an aromatic ring is 1. The Hall–Kier alpha value is -3.21. The number of aromatic nitrogens is 5. The summed E-state index contributed by atoms with van der Waals surface area (Å²) in [4.78, 5) is 32.9. The highest BCUT2D eigenvalue weighted by atomic mass is 16.3. The fourth-order valence-electron chi connectivity index (χ4n) is 4.25. The molecule has 1 amide bonds. The molecule has 3 aromatic rings. The van der Waals surface area contributed by atoms with Crippen LogP contribution in [-0.4, -0.2) is 85.6 Å². The van der Waals surface area contributed by atoms with Gasteiger partial charge < -0.3 is 20.0 Å². The number of nitrogens with two attached hydrogens (primary N) is 1. The van der Waals surface area contributed by atoms with Gasteiger partial charge in [-0.1, -0.05) is 13.3 Å². The molecule has 2 fully saturated rings. The zero-order valence-electron chi connectivity index (χ0n) is 18.6. The van der Waals surface area contributed by atoms with Gasteiger partial charge >= 0.3 is 0 Å². The van der Waals surface area contributed by atoms with E-state index < -0.39 is 0 Å². The van der Waals surface area contributed by atoms with E-state index in [1.54, 1.807) is 6.07 Å². The van der Waals surface area contributed by atoms with Crippen molar-refractivity contribution in [1.29, 1.82) is 0 Å². The number of nitrogens with zero attached hydrogens (tertiary/aromatic N) is 8. The molecule has 2 N–H and O–H groups in total. The second-order valence-corrected chi connectivity index (χ2v) is 8.46. The van der Waals surface area contributed by atoms with Gasteiger partial charge in [0.1, 0.15) is 11.8 Å². The van der Waals surface area contributed by atoms with Crippen LogP contribution in [0.15, 0.2) is 16.5 Å². The van der Waals surface area contributed by atoms with E-state index >= 15 is 0 Å². The normalized spacial score (nSPS) is 19.5. The summed E-state index contributed by atoms with van der Waals surface area (Å²) >= 11 is 0. The van der Waals surface area contributed by atoms with Crippen molar-refractivity contribution in [3.05, 3.63) is 17.9 Å². The van der Waals surface area contributed by atoms with E-state index in [0.29, 0.717) is 29.9 Å². The zero-order valence-corrected chi connectivity index (χ0v) is 18.6. The first-order valence-corrected chi connectivity index (χ1v) is 11.3. The van der Waals surface area contributed by atoms with Crippen LogP contribution in [0.3, 0.4) is 0 Å². The van der Waals surface area contributed by atoms with Crippen LogP contribution < -0.4 is 10.6 Å². The van der Waals surface area contributed by atoms with Crippen molar-refractivity contribution in [2.24, 2.45) is 0 Å². The summed E-state index contributed by atoms with van der Waals surface area (Å²) in [6.07, 6.45) is 3.18. The van der Waals surface area contributed by atoms with E-state index in [9.17, 15) is 4.79 Å². The summed E-state index contributed by atoms with van der Waals surface area (Å²) < 4.78 is 6.99. The molecule has 0 radical (unpaired) electrons. The number of furan rings is 1. The Bertz CT molecular complexity index is 1120. The molecule has 0 aromatic carbocycles. The predicted molar refractivity (Wildman–Crippen MR) is 119 cm³/mol. The van der Waals surface area contributed by atoms with Crippen molar-refractivity contribution in [3.63, 3.8) is 0 Å². The Morgan fingerprint density at radius 3 is 2.62 bits per heavy atom. The average Bonchev–Trinajstić information content (AvgIpc) is 3.38. The Morgan fingerprint density at radius 2 is 1.97 bits per heavy atom. The second kappa shape index (κ2) is 8.38. The van der Waals surface area contributed by atoms with Gasteiger partial charge in [-0.2, -0.15) is 19.5 Å². The van der Waals surface area contributed by atoms with E-state index in [1.165, 1.54) is 17.4 Å². The number of fused-ring (bicyclic) bond motifs is 1. The predicted octanol–water partition coefficient (Wildman–Crippen LogP) is 1.19. The summed E-state index contributed by atoms with van der Waals surface area (Å²) in [6, 6.07) is 3.40. The number of anilines is 2. The SMILES string of the molecule is CCCCN1CCN(C(=O)[C@@H]2CCN2c2nc(N)n3nc(-c4ccc(C)o4)nc3n2)CC1. The lowest BCUT2D eigenvalue weighted by Gasteiger charge is -2.44. The highest BCUT2D eigenvalue weighted by molar-refractivity contribution is 5.86. The number of amides is 1. The molecule has 5 heterocycles. The minimum atomic E-state index is -0.255. The van der Waals surface area contributed by atoms with Gasteiger partial charge in [-0.05, 0) is 38.4 Å². The summed E-state index contributed by atoms with van der Waals surface area (Å²) in [6.45, 7) is 9.29. The van der Waals surface area contributed by atoms with Gasteiger partial charge in [0.25, 0.3) is 5.78 Å². The highest BCUT2D eigenvalue weighted by Crippen LogP contribution is 2.27. The lowest BCUT2D eigenvalue weighted by atomic mass is 10.0. The number of carbonyl (C=O) groups is 1. The number of unbranched alkanes of at least 4 members (excludes halogenated alkanes) is 1. The third-order valence-electron chi connectivity index (χ3n) is 6.26. The van der Waals surface area contributed by atoms with Crippen molar-refractivity contribution in [2.45, 2.75) is 39.2 Å². The number of piperazine rings is 1. The van der Waals surface area contributed by atoms with E-state index in [4.69, 9.17) is 10.2 Å². The van der Waals surface area contributed by atoms with Gasteiger partial charge in [0.2, 0.25) is 23.6 Å². The lowest BCUT2D eigenvalue weighted by Crippen LogP contribution is -2.60. The molecule has 2 aliphatic heterocycles. The Morgan fingerprint density at radius 1 is 1.16 bits per heavy atom. The maximum atomic E-state index is 13.2. The fraction of sp³-hybridized carbons (Fsp3) is 0.571. The van der Waals surface area contributed by atoms with Crippen LogP contribution in [-0.2, 0) is 4.79 Å². The maximum Gasteiger partial charge on any atom is 0.259 e. The van der Waals surface area contributed by atoms with Crippen LogP contribution in [0.4, 0.5) is 11.9 Å². The summed E-state index contributed by atoms with van der Waals surface area (Å²) in [7, 11) is 0. The van der Waals surface area contributed by atoms with Crippen molar-refractivity contribution < 1.29 is 9.21 Å². The standard InChI is InChI=1S/C21H29N9O2/c1-3-4-8-27-10-12-28(13-11-27)18(31)15-7-9-29(15)20-24-19(22)30-21(25-20)23-17(26-30)16-6-5-14(2)32-16/h5-6,15H,3-4,7-13H2,1-2H3,(H2,22,23,24,25,26)/t15-/m0/s1. The maximum absolute atomic E-state index is 13.2. The van der Waals surface area contributed by atoms with Crippen molar-refractivity contribution >= 4 is 23.6 Å². The van der Waals surface area contributed by atoms with Crippen LogP contribution in [0.5, 0.6) is 0 Å². The molecule has 1 atom stereocenters. The van der Waals surface area contributed by atoms with Crippen LogP contribution in [0.1, 0.15) is 31.9 Å². The molecule has 0 bridgehead atoms. The third-order valence-corrected chi connectivity index (χ3v) is 6.26. The van der Waals surface area contributed by atoms with E-state index in [1.807, 2.05) is 22.8 Å². The first-order valence-electron chi connectivity index (χ1n) is 11.3. The van der Waals surface area contributed by atoms with Gasteiger partial charge in [-0.25, -0.2) is 0 Å². The molecule has 2 aliphatic rings. The number of carbonyl (C=O) groups excluding carboxylic acids is 1. The molecule has 0 spiro atoms. The smallest absolute Gasteiger partial charge is 0.259 e. The number of hydrogen-bond acceptors (Lipinski definition) is 9. The Balaban J connectivity index is 1.30. The fourth-order valence-corrected chi connectivity index (χ4v) is 4.25. The molecule has 11 nitrogen and oxygen atoms in total. The number of rotatable bonds is 6. The van der Waals surface area contributed by atoms with Gasteiger partial charge in [0.05, 0.1) is 0 Å². The molecule has 11 heteroatoms. The molecule has 3 aromatic heterocycles. The van der Waals surface area contributed by atoms with Crippen LogP contribution in [0, 0.1) is 6.92 Å². The number of aryl methyl sites for hydroxylation is 1. The molecule has 5 rings (SSSR count). The van der Waals surface area contributed by atoms with Crippen LogP contribution >= 0.6 is 0 Å². The minimum absolute atomic E-state index is 0.140. The van der Waals surface area contributed by atoms with E-state index in [2.05, 4.69) is 31.9 Å². The quantitative estimate of drug-likeness (QED) is 0.603. The first-order chi connectivity index (χ1) is 15.5. The Kier molecular flexibility index (Phi) is 5.41. The first kappa shape index (κ1) is 20.7. The number of hydrogen-bond donors (Lipinski definition) is 1. The van der Waals surface area contributed by atoms with Crippen molar-refractivity contribution in [1.82, 2.24) is 34.4 Å². The molecule has 0 aliphatic carbocycles. The zero-order chi connectivity index (χ0) is 22.2. The largest absolute Gasteiger partial charge is 0.458 e. The molecular weight excluding hydrogens is 410 g/mol. The van der Waals surface area contributed by atoms with Gasteiger partial charge in [0, 0.05) is 32.7 Å². The molecule has 0 unspecified atom stereocenters. The van der Waals surface area contributed by atoms with E-state index in [-0.39, 0.29) is 17.9 Å². The Labute approximate surface area is 186 Å². The van der Waals surface area contributed by atoms with Gasteiger partial charge in [-0.3, -0.25) is 9.69 Å².